The van der Waals surface area contributed by atoms with Crippen LogP contribution in [0.15, 0.2) is 24.3 Å². The van der Waals surface area contributed by atoms with Gasteiger partial charge < -0.3 is 10.2 Å². The third kappa shape index (κ3) is 2.54. The van der Waals surface area contributed by atoms with E-state index in [0.717, 1.165) is 18.8 Å². The third-order valence-corrected chi connectivity index (χ3v) is 3.57. The summed E-state index contributed by atoms with van der Waals surface area (Å²) in [5, 5.41) is 21.7. The quantitative estimate of drug-likeness (QED) is 0.877. The summed E-state index contributed by atoms with van der Waals surface area (Å²) in [6.45, 7) is 5.89. The van der Waals surface area contributed by atoms with Crippen LogP contribution in [0.2, 0.25) is 0 Å². The van der Waals surface area contributed by atoms with E-state index in [1.807, 2.05) is 24.3 Å². The number of nitriles is 2. The van der Waals surface area contributed by atoms with E-state index in [1.54, 1.807) is 0 Å². The molecule has 1 aliphatic rings. The Labute approximate surface area is 114 Å². The smallest absolute Gasteiger partial charge is 0.101 e. The number of rotatable bonds is 2. The molecule has 4 nitrogen and oxygen atoms in total. The fraction of sp³-hybridized carbons (Fsp3) is 0.467. The topological polar surface area (TPSA) is 62.9 Å². The number of nitrogens with zero attached hydrogens (tertiary/aromatic N) is 3. The minimum Gasteiger partial charge on any atom is -0.359 e. The van der Waals surface area contributed by atoms with Crippen molar-refractivity contribution in [1.29, 1.82) is 10.5 Å². The first-order valence-electron chi connectivity index (χ1n) is 6.46. The molecule has 1 unspecified atom stereocenters. The molecular formula is C15H18N4. The van der Waals surface area contributed by atoms with Crippen LogP contribution >= 0.6 is 0 Å². The van der Waals surface area contributed by atoms with Crippen molar-refractivity contribution >= 4 is 5.69 Å². The molecule has 1 aromatic carbocycles. The summed E-state index contributed by atoms with van der Waals surface area (Å²) in [6, 6.07) is 12.2. The molecule has 1 aliphatic heterocycles. The summed E-state index contributed by atoms with van der Waals surface area (Å²) in [6.07, 6.45) is 0.455. The van der Waals surface area contributed by atoms with Crippen molar-refractivity contribution in [2.75, 3.05) is 18.0 Å². The van der Waals surface area contributed by atoms with Crippen LogP contribution in [0.5, 0.6) is 0 Å². The number of para-hydroxylation sites is 1. The minimum absolute atomic E-state index is 0.100. The summed E-state index contributed by atoms with van der Waals surface area (Å²) in [5.74, 6) is 0. The normalized spacial score (nSPS) is 21.5. The van der Waals surface area contributed by atoms with Gasteiger partial charge in [-0.3, -0.25) is 0 Å². The molecule has 0 amide bonds. The van der Waals surface area contributed by atoms with Gasteiger partial charge in [0.2, 0.25) is 0 Å². The summed E-state index contributed by atoms with van der Waals surface area (Å²) in [4.78, 5) is 2.23. The third-order valence-electron chi connectivity index (χ3n) is 3.57. The standard InChI is InChI=1S/C15H18N4/c1-15(2)11-18-10-13(7-8-16)19(15)14-6-4-3-5-12(14)9-17/h3-6,13,18H,7,10-11H2,1-2H3. The molecule has 98 valence electrons. The first-order valence-corrected chi connectivity index (χ1v) is 6.46. The molecule has 1 N–H and O–H groups in total. The first kappa shape index (κ1) is 13.4. The molecule has 0 radical (unpaired) electrons. The van der Waals surface area contributed by atoms with E-state index >= 15 is 0 Å². The van der Waals surface area contributed by atoms with Crippen molar-refractivity contribution in [3.63, 3.8) is 0 Å². The molecule has 0 saturated carbocycles. The molecule has 1 heterocycles. The van der Waals surface area contributed by atoms with Crippen molar-refractivity contribution in [1.82, 2.24) is 5.32 Å². The highest BCUT2D eigenvalue weighted by atomic mass is 15.3. The van der Waals surface area contributed by atoms with Crippen LogP contribution in [-0.4, -0.2) is 24.7 Å². The molecule has 0 bridgehead atoms. The minimum atomic E-state index is -0.118. The average molecular weight is 254 g/mol. The van der Waals surface area contributed by atoms with Gasteiger partial charge in [-0.1, -0.05) is 12.1 Å². The second-order valence-corrected chi connectivity index (χ2v) is 5.46. The number of hydrogen-bond acceptors (Lipinski definition) is 4. The molecule has 1 fully saturated rings. The maximum absolute atomic E-state index is 9.28. The van der Waals surface area contributed by atoms with E-state index in [9.17, 15) is 5.26 Å². The number of hydrogen-bond donors (Lipinski definition) is 1. The number of piperazine rings is 1. The molecule has 19 heavy (non-hydrogen) atoms. The summed E-state index contributed by atoms with van der Waals surface area (Å²) in [7, 11) is 0. The Hall–Kier alpha value is -2.04. The predicted octanol–water partition coefficient (Wildman–Crippen LogP) is 2.03. The Morgan fingerprint density at radius 3 is 2.79 bits per heavy atom. The van der Waals surface area contributed by atoms with E-state index in [2.05, 4.69) is 36.2 Å². The summed E-state index contributed by atoms with van der Waals surface area (Å²) < 4.78 is 0. The maximum Gasteiger partial charge on any atom is 0.101 e. The second kappa shape index (κ2) is 5.30. The lowest BCUT2D eigenvalue weighted by atomic mass is 9.93. The van der Waals surface area contributed by atoms with Crippen LogP contribution in [0.4, 0.5) is 5.69 Å². The van der Waals surface area contributed by atoms with Crippen LogP contribution < -0.4 is 10.2 Å². The van der Waals surface area contributed by atoms with Gasteiger partial charge in [-0.25, -0.2) is 0 Å². The van der Waals surface area contributed by atoms with E-state index < -0.39 is 0 Å². The Balaban J connectivity index is 2.47. The van der Waals surface area contributed by atoms with Gasteiger partial charge in [0.1, 0.15) is 6.07 Å². The highest BCUT2D eigenvalue weighted by Gasteiger charge is 2.37. The molecule has 1 atom stereocenters. The maximum atomic E-state index is 9.28. The van der Waals surface area contributed by atoms with Crippen molar-refractivity contribution in [3.8, 4) is 12.1 Å². The number of benzene rings is 1. The van der Waals surface area contributed by atoms with E-state index in [-0.39, 0.29) is 11.6 Å². The molecular weight excluding hydrogens is 236 g/mol. The zero-order chi connectivity index (χ0) is 13.9. The van der Waals surface area contributed by atoms with Crippen LogP contribution in [0, 0.1) is 22.7 Å². The van der Waals surface area contributed by atoms with Crippen LogP contribution in [0.3, 0.4) is 0 Å². The van der Waals surface area contributed by atoms with Crippen LogP contribution in [0.25, 0.3) is 0 Å². The Morgan fingerprint density at radius 2 is 2.11 bits per heavy atom. The van der Waals surface area contributed by atoms with Crippen molar-refractivity contribution < 1.29 is 0 Å². The molecule has 4 heteroatoms. The summed E-state index contributed by atoms with van der Waals surface area (Å²) >= 11 is 0. The average Bonchev–Trinajstić information content (AvgIpc) is 2.38. The van der Waals surface area contributed by atoms with Gasteiger partial charge in [0.05, 0.1) is 29.8 Å². The molecule has 1 saturated heterocycles. The number of nitrogens with one attached hydrogen (secondary N) is 1. The second-order valence-electron chi connectivity index (χ2n) is 5.46. The van der Waals surface area contributed by atoms with Crippen LogP contribution in [0.1, 0.15) is 25.8 Å². The lowest BCUT2D eigenvalue weighted by molar-refractivity contribution is 0.324. The molecule has 0 aliphatic carbocycles. The first-order chi connectivity index (χ1) is 9.10. The Bertz CT molecular complexity index is 536. The van der Waals surface area contributed by atoms with E-state index in [4.69, 9.17) is 5.26 Å². The highest BCUT2D eigenvalue weighted by Crippen LogP contribution is 2.32. The Kier molecular flexibility index (Phi) is 3.74. The van der Waals surface area contributed by atoms with Gasteiger partial charge in [-0.15, -0.1) is 0 Å². The van der Waals surface area contributed by atoms with Gasteiger partial charge in [-0.05, 0) is 26.0 Å². The fourth-order valence-electron chi connectivity index (χ4n) is 2.79. The van der Waals surface area contributed by atoms with Crippen LogP contribution in [-0.2, 0) is 0 Å². The predicted molar refractivity (Wildman–Crippen MR) is 74.6 cm³/mol. The number of anilines is 1. The molecule has 2 rings (SSSR count). The van der Waals surface area contributed by atoms with Gasteiger partial charge in [0.25, 0.3) is 0 Å². The van der Waals surface area contributed by atoms with Gasteiger partial charge in [0.15, 0.2) is 0 Å². The monoisotopic (exact) mass is 254 g/mol. The lowest BCUT2D eigenvalue weighted by Crippen LogP contribution is -2.63. The van der Waals surface area contributed by atoms with Gasteiger partial charge >= 0.3 is 0 Å². The molecule has 0 aromatic heterocycles. The van der Waals surface area contributed by atoms with Gasteiger partial charge in [-0.2, -0.15) is 10.5 Å². The highest BCUT2D eigenvalue weighted by molar-refractivity contribution is 5.62. The molecule has 0 spiro atoms. The zero-order valence-electron chi connectivity index (χ0n) is 11.3. The lowest BCUT2D eigenvalue weighted by Gasteiger charge is -2.49. The zero-order valence-corrected chi connectivity index (χ0v) is 11.3. The molecule has 1 aromatic rings. The van der Waals surface area contributed by atoms with E-state index in [1.165, 1.54) is 0 Å². The fourth-order valence-corrected chi connectivity index (χ4v) is 2.79. The van der Waals surface area contributed by atoms with Crippen molar-refractivity contribution in [2.24, 2.45) is 0 Å². The SMILES string of the molecule is CC1(C)CNCC(CC#N)N1c1ccccc1C#N. The largest absolute Gasteiger partial charge is 0.359 e. The van der Waals surface area contributed by atoms with Crippen molar-refractivity contribution in [3.05, 3.63) is 29.8 Å². The van der Waals surface area contributed by atoms with E-state index in [0.29, 0.717) is 12.0 Å². The van der Waals surface area contributed by atoms with Crippen molar-refractivity contribution in [2.45, 2.75) is 31.8 Å². The summed E-state index contributed by atoms with van der Waals surface area (Å²) in [5.41, 5.74) is 1.48. The van der Waals surface area contributed by atoms with Gasteiger partial charge in [0, 0.05) is 18.6 Å². The Morgan fingerprint density at radius 1 is 1.37 bits per heavy atom.